The maximum absolute atomic E-state index is 11.2. The third-order valence-corrected chi connectivity index (χ3v) is 4.62. The second-order valence-corrected chi connectivity index (χ2v) is 7.47. The van der Waals surface area contributed by atoms with Crippen LogP contribution < -0.4 is 16.4 Å². The van der Waals surface area contributed by atoms with Crippen molar-refractivity contribution >= 4 is 35.8 Å². The molecule has 1 aliphatic rings. The van der Waals surface area contributed by atoms with Crippen LogP contribution in [0.4, 0.5) is 0 Å². The molecule has 1 aliphatic heterocycles. The number of hydrogen-bond donors (Lipinski definition) is 3. The fourth-order valence-corrected chi connectivity index (χ4v) is 3.03. The largest absolute Gasteiger partial charge is 0.381 e. The lowest BCUT2D eigenvalue weighted by molar-refractivity contribution is -0.123. The van der Waals surface area contributed by atoms with Crippen molar-refractivity contribution in [2.45, 2.75) is 46.0 Å². The van der Waals surface area contributed by atoms with Crippen LogP contribution in [0.15, 0.2) is 4.99 Å². The Balaban J connectivity index is 0.00000676. The summed E-state index contributed by atoms with van der Waals surface area (Å²) in [6, 6.07) is 0. The first-order valence-electron chi connectivity index (χ1n) is 10.1. The molecule has 160 valence electrons. The molecule has 4 N–H and O–H groups in total. The quantitative estimate of drug-likeness (QED) is 0.166. The first-order chi connectivity index (χ1) is 12.5. The Bertz CT molecular complexity index is 413. The average molecular weight is 497 g/mol. The van der Waals surface area contributed by atoms with E-state index >= 15 is 0 Å². The van der Waals surface area contributed by atoms with Gasteiger partial charge in [-0.05, 0) is 57.7 Å². The smallest absolute Gasteiger partial charge is 0.220 e. The van der Waals surface area contributed by atoms with E-state index in [-0.39, 0.29) is 35.8 Å². The molecule has 0 aromatic heterocycles. The molecule has 1 saturated heterocycles. The van der Waals surface area contributed by atoms with Gasteiger partial charge in [0.1, 0.15) is 0 Å². The number of nitrogens with one attached hydrogen (secondary N) is 2. The van der Waals surface area contributed by atoms with Gasteiger partial charge in [0.05, 0.1) is 0 Å². The van der Waals surface area contributed by atoms with Gasteiger partial charge in [-0.3, -0.25) is 9.79 Å². The van der Waals surface area contributed by atoms with Crippen LogP contribution in [0.25, 0.3) is 0 Å². The summed E-state index contributed by atoms with van der Waals surface area (Å²) in [7, 11) is 1.80. The molecular formula is C19H40IN5O2. The second kappa shape index (κ2) is 16.4. The normalized spacial score (nSPS) is 16.2. The van der Waals surface area contributed by atoms with Gasteiger partial charge >= 0.3 is 0 Å². The van der Waals surface area contributed by atoms with Gasteiger partial charge in [0.2, 0.25) is 5.91 Å². The van der Waals surface area contributed by atoms with Gasteiger partial charge in [0.25, 0.3) is 0 Å². The van der Waals surface area contributed by atoms with Crippen LogP contribution in [-0.2, 0) is 9.53 Å². The summed E-state index contributed by atoms with van der Waals surface area (Å²) >= 11 is 0. The third-order valence-electron chi connectivity index (χ3n) is 4.62. The summed E-state index contributed by atoms with van der Waals surface area (Å²) in [5.74, 6) is 1.39. The Morgan fingerprint density at radius 2 is 1.81 bits per heavy atom. The van der Waals surface area contributed by atoms with Crippen LogP contribution >= 0.6 is 24.0 Å². The number of primary amides is 1. The number of unbranched alkanes of at least 4 members (excludes halogenated alkanes) is 1. The summed E-state index contributed by atoms with van der Waals surface area (Å²) in [6.45, 7) is 10.8. The lowest BCUT2D eigenvalue weighted by Crippen LogP contribution is -2.40. The molecule has 1 rings (SSSR count). The van der Waals surface area contributed by atoms with E-state index in [4.69, 9.17) is 10.5 Å². The number of amides is 1. The fourth-order valence-electron chi connectivity index (χ4n) is 3.03. The lowest BCUT2D eigenvalue weighted by Gasteiger charge is -2.30. The number of nitrogens with two attached hydrogens (primary N) is 1. The fraction of sp³-hybridized carbons (Fsp3) is 0.895. The van der Waals surface area contributed by atoms with Gasteiger partial charge in [-0.1, -0.05) is 13.8 Å². The highest BCUT2D eigenvalue weighted by molar-refractivity contribution is 14.0. The van der Waals surface area contributed by atoms with Crippen molar-refractivity contribution in [2.75, 3.05) is 53.0 Å². The Hall–Kier alpha value is -0.610. The van der Waals surface area contributed by atoms with Gasteiger partial charge < -0.3 is 26.0 Å². The number of guanidine groups is 1. The number of nitrogens with zero attached hydrogens (tertiary/aromatic N) is 2. The lowest BCUT2D eigenvalue weighted by atomic mass is 9.96. The highest BCUT2D eigenvalue weighted by Crippen LogP contribution is 2.16. The van der Waals surface area contributed by atoms with Crippen molar-refractivity contribution in [2.24, 2.45) is 22.6 Å². The Labute approximate surface area is 182 Å². The highest BCUT2D eigenvalue weighted by atomic mass is 127. The number of aliphatic imine (C=N–C) groups is 1. The number of piperidine rings is 1. The minimum absolute atomic E-state index is 0. The summed E-state index contributed by atoms with van der Waals surface area (Å²) in [5, 5.41) is 6.67. The van der Waals surface area contributed by atoms with Crippen molar-refractivity contribution in [3.8, 4) is 0 Å². The Morgan fingerprint density at radius 1 is 1.19 bits per heavy atom. The highest BCUT2D eigenvalue weighted by Gasteiger charge is 2.22. The zero-order valence-electron chi connectivity index (χ0n) is 17.3. The summed E-state index contributed by atoms with van der Waals surface area (Å²) in [5.41, 5.74) is 5.37. The summed E-state index contributed by atoms with van der Waals surface area (Å²) in [6.07, 6.45) is 5.05. The molecule has 1 amide bonds. The molecule has 0 aromatic rings. The van der Waals surface area contributed by atoms with E-state index in [1.54, 1.807) is 7.05 Å². The topological polar surface area (TPSA) is 92.0 Å². The third kappa shape index (κ3) is 13.2. The molecule has 27 heavy (non-hydrogen) atoms. The average Bonchev–Trinajstić information content (AvgIpc) is 2.62. The predicted molar refractivity (Wildman–Crippen MR) is 123 cm³/mol. The van der Waals surface area contributed by atoms with Gasteiger partial charge in [0, 0.05) is 39.3 Å². The molecule has 0 spiro atoms. The van der Waals surface area contributed by atoms with E-state index < -0.39 is 0 Å². The molecule has 1 fully saturated rings. The number of rotatable bonds is 12. The monoisotopic (exact) mass is 497 g/mol. The summed E-state index contributed by atoms with van der Waals surface area (Å²) < 4.78 is 5.57. The van der Waals surface area contributed by atoms with Crippen LogP contribution in [-0.4, -0.2) is 69.8 Å². The minimum Gasteiger partial charge on any atom is -0.381 e. The van der Waals surface area contributed by atoms with Gasteiger partial charge in [-0.25, -0.2) is 0 Å². The van der Waals surface area contributed by atoms with Crippen molar-refractivity contribution in [3.05, 3.63) is 0 Å². The first kappa shape index (κ1) is 26.4. The zero-order valence-corrected chi connectivity index (χ0v) is 19.7. The number of ether oxygens (including phenoxy) is 1. The van der Waals surface area contributed by atoms with Crippen molar-refractivity contribution < 1.29 is 9.53 Å². The maximum atomic E-state index is 11.2. The molecule has 8 heteroatoms. The van der Waals surface area contributed by atoms with Crippen molar-refractivity contribution in [3.63, 3.8) is 0 Å². The van der Waals surface area contributed by atoms with E-state index in [0.29, 0.717) is 5.92 Å². The van der Waals surface area contributed by atoms with E-state index in [2.05, 4.69) is 34.4 Å². The SMILES string of the molecule is CN=C(NCCCCN1CCC(C(N)=O)CC1)NCCCOCC(C)C.I. The Morgan fingerprint density at radius 3 is 2.37 bits per heavy atom. The van der Waals surface area contributed by atoms with Gasteiger partial charge in [0.15, 0.2) is 5.96 Å². The molecule has 0 atom stereocenters. The summed E-state index contributed by atoms with van der Waals surface area (Å²) in [4.78, 5) is 17.9. The van der Waals surface area contributed by atoms with E-state index in [1.165, 1.54) is 0 Å². The molecule has 0 aromatic carbocycles. The molecule has 0 unspecified atom stereocenters. The molecule has 7 nitrogen and oxygen atoms in total. The number of hydrogen-bond acceptors (Lipinski definition) is 4. The van der Waals surface area contributed by atoms with E-state index in [0.717, 1.165) is 84.0 Å². The second-order valence-electron chi connectivity index (χ2n) is 7.47. The van der Waals surface area contributed by atoms with Crippen LogP contribution in [0.5, 0.6) is 0 Å². The number of halogens is 1. The van der Waals surface area contributed by atoms with E-state index in [9.17, 15) is 4.79 Å². The molecular weight excluding hydrogens is 457 g/mol. The molecule has 0 aliphatic carbocycles. The van der Waals surface area contributed by atoms with Crippen molar-refractivity contribution in [1.29, 1.82) is 0 Å². The molecule has 0 bridgehead atoms. The molecule has 0 radical (unpaired) electrons. The Kier molecular flexibility index (Phi) is 16.0. The van der Waals surface area contributed by atoms with Gasteiger partial charge in [-0.2, -0.15) is 0 Å². The van der Waals surface area contributed by atoms with Crippen LogP contribution in [0, 0.1) is 11.8 Å². The van der Waals surface area contributed by atoms with Crippen LogP contribution in [0.2, 0.25) is 0 Å². The predicted octanol–water partition coefficient (Wildman–Crippen LogP) is 1.81. The number of carbonyl (C=O) groups is 1. The van der Waals surface area contributed by atoms with Crippen molar-refractivity contribution in [1.82, 2.24) is 15.5 Å². The van der Waals surface area contributed by atoms with Gasteiger partial charge in [-0.15, -0.1) is 24.0 Å². The van der Waals surface area contributed by atoms with Crippen LogP contribution in [0.1, 0.15) is 46.0 Å². The number of likely N-dealkylation sites (tertiary alicyclic amines) is 1. The minimum atomic E-state index is -0.140. The zero-order chi connectivity index (χ0) is 19.2. The molecule has 1 heterocycles. The van der Waals surface area contributed by atoms with E-state index in [1.807, 2.05) is 0 Å². The number of carbonyl (C=O) groups excluding carboxylic acids is 1. The molecule has 0 saturated carbocycles. The maximum Gasteiger partial charge on any atom is 0.220 e. The van der Waals surface area contributed by atoms with Crippen LogP contribution in [0.3, 0.4) is 0 Å². The first-order valence-corrected chi connectivity index (χ1v) is 10.1. The standard InChI is InChI=1S/C19H39N5O2.HI/c1-16(2)15-26-14-6-10-23-19(21-3)22-9-4-5-11-24-12-7-17(8-13-24)18(20)25;/h16-17H,4-15H2,1-3H3,(H2,20,25)(H2,21,22,23);1H.